The Morgan fingerprint density at radius 3 is 2.00 bits per heavy atom. The summed E-state index contributed by atoms with van der Waals surface area (Å²) < 4.78 is 20.4. The summed E-state index contributed by atoms with van der Waals surface area (Å²) in [5.74, 6) is -2.75. The number of hydrogen-bond acceptors (Lipinski definition) is 9. The number of carbonyl (C=O) groups excluding carboxylic acids is 4. The first kappa shape index (κ1) is 30.7. The van der Waals surface area contributed by atoms with Gasteiger partial charge in [0, 0.05) is 31.9 Å². The van der Waals surface area contributed by atoms with E-state index in [1.54, 1.807) is 38.1 Å². The van der Waals surface area contributed by atoms with Crippen molar-refractivity contribution in [3.05, 3.63) is 71.3 Å². The zero-order chi connectivity index (χ0) is 28.8. The first-order chi connectivity index (χ1) is 18.7. The van der Waals surface area contributed by atoms with E-state index in [4.69, 9.17) is 30.1 Å². The molecule has 2 rings (SSSR count). The molecule has 208 valence electrons. The number of ether oxygens (including phenoxy) is 4. The number of amidine groups is 1. The van der Waals surface area contributed by atoms with Gasteiger partial charge in [0.15, 0.2) is 0 Å². The Bertz CT molecular complexity index is 1160. The molecule has 0 bridgehead atoms. The van der Waals surface area contributed by atoms with E-state index >= 15 is 0 Å². The fraction of sp³-hybridized carbons (Fsp3) is 0.321. The van der Waals surface area contributed by atoms with Gasteiger partial charge >= 0.3 is 17.9 Å². The van der Waals surface area contributed by atoms with E-state index in [9.17, 15) is 19.2 Å². The summed E-state index contributed by atoms with van der Waals surface area (Å²) in [5.41, 5.74) is 6.80. The monoisotopic (exact) mass is 539 g/mol. The summed E-state index contributed by atoms with van der Waals surface area (Å²) in [4.78, 5) is 51.8. The Hall–Kier alpha value is -4.51. The standard InChI is InChI=1S/C28H33N3O8/c1-4-37-27(34)24(28(35)38-5-2)31(17-6-18-36-3)23(32)16-9-19-7-10-21(11-8-19)26(33)39-22-14-12-20(13-15-22)25(29)30/h7-16,24H,4-6,17-18H2,1-3H3,(H3,29,30). The van der Waals surface area contributed by atoms with Crippen LogP contribution in [-0.4, -0.2) is 74.1 Å². The predicted molar refractivity (Wildman–Crippen MR) is 143 cm³/mol. The number of nitrogens with two attached hydrogens (primary N) is 1. The lowest BCUT2D eigenvalue weighted by atomic mass is 10.1. The molecular weight excluding hydrogens is 506 g/mol. The van der Waals surface area contributed by atoms with Crippen molar-refractivity contribution in [3.8, 4) is 5.75 Å². The highest BCUT2D eigenvalue weighted by Crippen LogP contribution is 2.16. The molecule has 0 aliphatic rings. The smallest absolute Gasteiger partial charge is 0.343 e. The fourth-order valence-electron chi connectivity index (χ4n) is 3.40. The van der Waals surface area contributed by atoms with E-state index < -0.39 is 29.9 Å². The van der Waals surface area contributed by atoms with Gasteiger partial charge in [0.2, 0.25) is 11.9 Å². The van der Waals surface area contributed by atoms with E-state index in [1.807, 2.05) is 0 Å². The van der Waals surface area contributed by atoms with E-state index in [-0.39, 0.29) is 31.2 Å². The molecule has 3 N–H and O–H groups in total. The van der Waals surface area contributed by atoms with Gasteiger partial charge in [-0.3, -0.25) is 10.2 Å². The van der Waals surface area contributed by atoms with Crippen molar-refractivity contribution < 1.29 is 38.1 Å². The minimum absolute atomic E-state index is 0.0309. The average molecular weight is 540 g/mol. The van der Waals surface area contributed by atoms with Crippen LogP contribution in [0, 0.1) is 5.41 Å². The highest BCUT2D eigenvalue weighted by molar-refractivity contribution is 6.05. The lowest BCUT2D eigenvalue weighted by Gasteiger charge is -2.27. The molecule has 11 nitrogen and oxygen atoms in total. The van der Waals surface area contributed by atoms with E-state index in [0.717, 1.165) is 4.90 Å². The molecule has 0 aliphatic carbocycles. The molecule has 0 saturated heterocycles. The van der Waals surface area contributed by atoms with Crippen LogP contribution in [0.4, 0.5) is 0 Å². The molecule has 1 amide bonds. The summed E-state index contributed by atoms with van der Waals surface area (Å²) in [6.07, 6.45) is 3.09. The summed E-state index contributed by atoms with van der Waals surface area (Å²) in [5, 5.41) is 7.41. The van der Waals surface area contributed by atoms with Crippen molar-refractivity contribution >= 4 is 35.7 Å². The SMILES string of the molecule is CCOC(=O)C(C(=O)OCC)N(CCCOC)C(=O)C=Cc1ccc(C(=O)Oc2ccc(C(=N)N)cc2)cc1. The van der Waals surface area contributed by atoms with Crippen LogP contribution in [0.5, 0.6) is 5.75 Å². The van der Waals surface area contributed by atoms with Crippen LogP contribution in [0.25, 0.3) is 6.08 Å². The van der Waals surface area contributed by atoms with Gasteiger partial charge in [0.25, 0.3) is 0 Å². The summed E-state index contributed by atoms with van der Waals surface area (Å²) in [6, 6.07) is 11.0. The molecule has 2 aromatic carbocycles. The van der Waals surface area contributed by atoms with E-state index in [0.29, 0.717) is 29.9 Å². The van der Waals surface area contributed by atoms with Crippen molar-refractivity contribution in [2.45, 2.75) is 26.3 Å². The summed E-state index contributed by atoms with van der Waals surface area (Å²) in [6.45, 7) is 3.62. The van der Waals surface area contributed by atoms with Gasteiger partial charge in [-0.25, -0.2) is 14.4 Å². The minimum atomic E-state index is -1.56. The molecule has 39 heavy (non-hydrogen) atoms. The van der Waals surface area contributed by atoms with Crippen LogP contribution >= 0.6 is 0 Å². The third-order valence-corrected chi connectivity index (χ3v) is 5.30. The molecule has 0 aromatic heterocycles. The van der Waals surface area contributed by atoms with Crippen LogP contribution in [0.3, 0.4) is 0 Å². The van der Waals surface area contributed by atoms with Crippen molar-refractivity contribution in [3.63, 3.8) is 0 Å². The van der Waals surface area contributed by atoms with Crippen LogP contribution in [0.1, 0.15) is 41.8 Å². The number of amides is 1. The molecule has 2 aromatic rings. The maximum absolute atomic E-state index is 13.1. The average Bonchev–Trinajstić information content (AvgIpc) is 2.92. The number of hydrogen-bond donors (Lipinski definition) is 2. The zero-order valence-electron chi connectivity index (χ0n) is 22.2. The molecule has 0 saturated carbocycles. The van der Waals surface area contributed by atoms with Gasteiger partial charge in [0.05, 0.1) is 18.8 Å². The Morgan fingerprint density at radius 2 is 1.49 bits per heavy atom. The van der Waals surface area contributed by atoms with E-state index in [2.05, 4.69) is 0 Å². The lowest BCUT2D eigenvalue weighted by Crippen LogP contribution is -2.51. The molecule has 0 spiro atoms. The largest absolute Gasteiger partial charge is 0.464 e. The predicted octanol–water partition coefficient (Wildman–Crippen LogP) is 2.56. The zero-order valence-corrected chi connectivity index (χ0v) is 22.2. The van der Waals surface area contributed by atoms with Crippen LogP contribution in [-0.2, 0) is 28.6 Å². The summed E-state index contributed by atoms with van der Waals surface area (Å²) >= 11 is 0. The highest BCUT2D eigenvalue weighted by atomic mass is 16.6. The minimum Gasteiger partial charge on any atom is -0.464 e. The quantitative estimate of drug-likeness (QED) is 0.0700. The molecule has 0 radical (unpaired) electrons. The molecule has 0 atom stereocenters. The molecule has 11 heteroatoms. The van der Waals surface area contributed by atoms with Crippen LogP contribution < -0.4 is 10.5 Å². The maximum Gasteiger partial charge on any atom is 0.343 e. The third-order valence-electron chi connectivity index (χ3n) is 5.30. The Labute approximate surface area is 227 Å². The fourth-order valence-corrected chi connectivity index (χ4v) is 3.40. The molecule has 0 unspecified atom stereocenters. The van der Waals surface area contributed by atoms with Crippen molar-refractivity contribution in [1.29, 1.82) is 5.41 Å². The number of esters is 3. The number of benzene rings is 2. The molecule has 0 fully saturated rings. The normalized spacial score (nSPS) is 10.8. The number of rotatable bonds is 14. The third kappa shape index (κ3) is 9.38. The second kappa shape index (κ2) is 15.7. The number of methoxy groups -OCH3 is 1. The second-order valence-corrected chi connectivity index (χ2v) is 8.07. The number of nitrogen functional groups attached to an aromatic ring is 1. The molecule has 0 aliphatic heterocycles. The second-order valence-electron chi connectivity index (χ2n) is 8.07. The number of nitrogens with zero attached hydrogens (tertiary/aromatic N) is 1. The van der Waals surface area contributed by atoms with Gasteiger partial charge < -0.3 is 29.6 Å². The van der Waals surface area contributed by atoms with Gasteiger partial charge in [-0.15, -0.1) is 0 Å². The lowest BCUT2D eigenvalue weighted by molar-refractivity contribution is -0.166. The van der Waals surface area contributed by atoms with Crippen molar-refractivity contribution in [1.82, 2.24) is 4.90 Å². The first-order valence-electron chi connectivity index (χ1n) is 12.3. The Morgan fingerprint density at radius 1 is 0.923 bits per heavy atom. The van der Waals surface area contributed by atoms with Crippen LogP contribution in [0.15, 0.2) is 54.6 Å². The number of nitrogens with one attached hydrogen (secondary N) is 1. The van der Waals surface area contributed by atoms with Gasteiger partial charge in [0.1, 0.15) is 11.6 Å². The van der Waals surface area contributed by atoms with E-state index in [1.165, 1.54) is 43.5 Å². The Kier molecular flexibility index (Phi) is 12.3. The first-order valence-corrected chi connectivity index (χ1v) is 12.3. The van der Waals surface area contributed by atoms with Crippen molar-refractivity contribution in [2.24, 2.45) is 5.73 Å². The highest BCUT2D eigenvalue weighted by Gasteiger charge is 2.37. The molecule has 0 heterocycles. The Balaban J connectivity index is 2.16. The number of carbonyl (C=O) groups is 4. The summed E-state index contributed by atoms with van der Waals surface area (Å²) in [7, 11) is 1.50. The maximum atomic E-state index is 13.1. The van der Waals surface area contributed by atoms with Crippen molar-refractivity contribution in [2.75, 3.05) is 33.5 Å². The molecular formula is C28H33N3O8. The topological polar surface area (TPSA) is 158 Å². The van der Waals surface area contributed by atoms with Gasteiger partial charge in [-0.05, 0) is 68.3 Å². The van der Waals surface area contributed by atoms with Crippen LogP contribution in [0.2, 0.25) is 0 Å². The van der Waals surface area contributed by atoms with Gasteiger partial charge in [-0.2, -0.15) is 0 Å². The van der Waals surface area contributed by atoms with Gasteiger partial charge in [-0.1, -0.05) is 12.1 Å².